The summed E-state index contributed by atoms with van der Waals surface area (Å²) in [6.45, 7) is 0.920. The maximum Gasteiger partial charge on any atom is 0.318 e. The van der Waals surface area contributed by atoms with Gasteiger partial charge in [-0.3, -0.25) is 4.79 Å². The van der Waals surface area contributed by atoms with Crippen molar-refractivity contribution in [1.29, 1.82) is 0 Å². The number of halogens is 2. The van der Waals surface area contributed by atoms with Crippen LogP contribution in [-0.2, 0) is 10.2 Å². The molecule has 88 valence electrons. The molecule has 0 saturated carbocycles. The highest BCUT2D eigenvalue weighted by Crippen LogP contribution is 2.34. The molecular weight excluding hydrogens is 277 g/mol. The highest BCUT2D eigenvalue weighted by Gasteiger charge is 2.46. The zero-order chi connectivity index (χ0) is 12.3. The van der Waals surface area contributed by atoms with Crippen molar-refractivity contribution < 1.29 is 14.3 Å². The van der Waals surface area contributed by atoms with Crippen LogP contribution >= 0.6 is 15.9 Å². The topological polar surface area (TPSA) is 63.3 Å². The van der Waals surface area contributed by atoms with E-state index in [4.69, 9.17) is 5.73 Å². The third kappa shape index (κ3) is 1.97. The van der Waals surface area contributed by atoms with Crippen LogP contribution in [0.1, 0.15) is 12.5 Å². The fourth-order valence-electron chi connectivity index (χ4n) is 1.68. The number of carboxylic acid groups (broad SMARTS) is 1. The standard InChI is InChI=1S/C11H13BrFNO2/c1-7(13)11(6-14,10(15)16)8-4-2-3-5-9(8)12/h2-5,7H,6,14H2,1H3,(H,15,16). The largest absolute Gasteiger partial charge is 0.480 e. The molecule has 5 heteroatoms. The highest BCUT2D eigenvalue weighted by molar-refractivity contribution is 9.10. The molecule has 0 fully saturated rings. The van der Waals surface area contributed by atoms with Crippen LogP contribution in [0.2, 0.25) is 0 Å². The maximum absolute atomic E-state index is 13.7. The minimum absolute atomic E-state index is 0.289. The average Bonchev–Trinajstić information content (AvgIpc) is 2.21. The molecule has 0 heterocycles. The van der Waals surface area contributed by atoms with Crippen LogP contribution in [0.4, 0.5) is 4.39 Å². The van der Waals surface area contributed by atoms with Crippen LogP contribution in [0, 0.1) is 0 Å². The minimum atomic E-state index is -1.69. The van der Waals surface area contributed by atoms with E-state index in [1.165, 1.54) is 6.92 Å². The van der Waals surface area contributed by atoms with Crippen molar-refractivity contribution in [2.75, 3.05) is 6.54 Å². The van der Waals surface area contributed by atoms with Crippen LogP contribution in [-0.4, -0.2) is 23.8 Å². The van der Waals surface area contributed by atoms with Gasteiger partial charge >= 0.3 is 5.97 Å². The molecule has 0 aliphatic carbocycles. The Balaban J connectivity index is 3.43. The number of aliphatic carboxylic acids is 1. The summed E-state index contributed by atoms with van der Waals surface area (Å²) in [4.78, 5) is 11.3. The maximum atomic E-state index is 13.7. The number of alkyl halides is 1. The second-order valence-corrected chi connectivity index (χ2v) is 4.43. The second-order valence-electron chi connectivity index (χ2n) is 3.58. The SMILES string of the molecule is CC(F)C(CN)(C(=O)O)c1ccccc1Br. The smallest absolute Gasteiger partial charge is 0.318 e. The molecule has 0 spiro atoms. The summed E-state index contributed by atoms with van der Waals surface area (Å²) < 4.78 is 14.2. The van der Waals surface area contributed by atoms with E-state index in [2.05, 4.69) is 15.9 Å². The van der Waals surface area contributed by atoms with Gasteiger partial charge in [0, 0.05) is 11.0 Å². The molecule has 16 heavy (non-hydrogen) atoms. The molecule has 0 aliphatic heterocycles. The van der Waals surface area contributed by atoms with Crippen molar-refractivity contribution in [2.24, 2.45) is 5.73 Å². The first-order valence-electron chi connectivity index (χ1n) is 4.79. The Morgan fingerprint density at radius 1 is 1.62 bits per heavy atom. The first-order chi connectivity index (χ1) is 7.46. The van der Waals surface area contributed by atoms with Gasteiger partial charge in [0.1, 0.15) is 11.6 Å². The van der Waals surface area contributed by atoms with Crippen molar-refractivity contribution in [3.63, 3.8) is 0 Å². The van der Waals surface area contributed by atoms with Gasteiger partial charge in [-0.2, -0.15) is 0 Å². The Bertz CT molecular complexity index is 397. The van der Waals surface area contributed by atoms with E-state index < -0.39 is 17.6 Å². The first kappa shape index (κ1) is 13.1. The van der Waals surface area contributed by atoms with E-state index in [-0.39, 0.29) is 6.54 Å². The summed E-state index contributed by atoms with van der Waals surface area (Å²) in [6, 6.07) is 6.64. The molecule has 3 N–H and O–H groups in total. The fraction of sp³-hybridized carbons (Fsp3) is 0.364. The molecular formula is C11H13BrFNO2. The quantitative estimate of drug-likeness (QED) is 0.892. The first-order valence-corrected chi connectivity index (χ1v) is 5.58. The van der Waals surface area contributed by atoms with Gasteiger partial charge in [-0.25, -0.2) is 4.39 Å². The number of rotatable bonds is 4. The monoisotopic (exact) mass is 289 g/mol. The molecule has 1 rings (SSSR count). The Labute approximate surface area is 102 Å². The third-order valence-electron chi connectivity index (χ3n) is 2.74. The Kier molecular flexibility index (Phi) is 4.04. The molecule has 0 bridgehead atoms. The number of benzene rings is 1. The third-order valence-corrected chi connectivity index (χ3v) is 3.43. The normalized spacial score (nSPS) is 16.5. The molecule has 3 nitrogen and oxygen atoms in total. The number of nitrogens with two attached hydrogens (primary N) is 1. The predicted molar refractivity (Wildman–Crippen MR) is 63.1 cm³/mol. The lowest BCUT2D eigenvalue weighted by atomic mass is 9.77. The summed E-state index contributed by atoms with van der Waals surface area (Å²) in [5, 5.41) is 9.23. The van der Waals surface area contributed by atoms with Crippen LogP contribution in [0.15, 0.2) is 28.7 Å². The Hall–Kier alpha value is -0.940. The lowest BCUT2D eigenvalue weighted by Crippen LogP contribution is -2.49. The van der Waals surface area contributed by atoms with Gasteiger partial charge in [-0.05, 0) is 18.6 Å². The molecule has 2 unspecified atom stereocenters. The molecule has 2 atom stereocenters. The molecule has 0 saturated heterocycles. The van der Waals surface area contributed by atoms with Gasteiger partial charge in [0.15, 0.2) is 0 Å². The predicted octanol–water partition coefficient (Wildman–Crippen LogP) is 2.09. The van der Waals surface area contributed by atoms with E-state index in [1.54, 1.807) is 24.3 Å². The molecule has 1 aromatic rings. The minimum Gasteiger partial charge on any atom is -0.480 e. The van der Waals surface area contributed by atoms with E-state index in [0.29, 0.717) is 10.0 Å². The van der Waals surface area contributed by atoms with Gasteiger partial charge in [-0.15, -0.1) is 0 Å². The zero-order valence-corrected chi connectivity index (χ0v) is 10.4. The molecule has 1 aromatic carbocycles. The van der Waals surface area contributed by atoms with Crippen LogP contribution < -0.4 is 5.73 Å². The zero-order valence-electron chi connectivity index (χ0n) is 8.78. The fourth-order valence-corrected chi connectivity index (χ4v) is 2.32. The molecule has 0 aliphatic rings. The lowest BCUT2D eigenvalue weighted by Gasteiger charge is -2.30. The number of carboxylic acids is 1. The van der Waals surface area contributed by atoms with Gasteiger partial charge in [0.05, 0.1) is 0 Å². The van der Waals surface area contributed by atoms with Crippen molar-refractivity contribution in [3.05, 3.63) is 34.3 Å². The van der Waals surface area contributed by atoms with Crippen molar-refractivity contribution >= 4 is 21.9 Å². The lowest BCUT2D eigenvalue weighted by molar-refractivity contribution is -0.146. The summed E-state index contributed by atoms with van der Waals surface area (Å²) in [7, 11) is 0. The van der Waals surface area contributed by atoms with Crippen LogP contribution in [0.5, 0.6) is 0 Å². The van der Waals surface area contributed by atoms with E-state index in [9.17, 15) is 14.3 Å². The average molecular weight is 290 g/mol. The molecule has 0 aromatic heterocycles. The van der Waals surface area contributed by atoms with E-state index in [1.807, 2.05) is 0 Å². The van der Waals surface area contributed by atoms with Crippen molar-refractivity contribution in [2.45, 2.75) is 18.5 Å². The summed E-state index contributed by atoms with van der Waals surface area (Å²) in [6.07, 6.45) is -1.58. The highest BCUT2D eigenvalue weighted by atomic mass is 79.9. The van der Waals surface area contributed by atoms with Gasteiger partial charge < -0.3 is 10.8 Å². The Morgan fingerprint density at radius 2 is 2.19 bits per heavy atom. The second kappa shape index (κ2) is 4.93. The van der Waals surface area contributed by atoms with Gasteiger partial charge in [0.2, 0.25) is 0 Å². The summed E-state index contributed by atoms with van der Waals surface area (Å²) in [5.41, 5.74) is 4.14. The Morgan fingerprint density at radius 3 is 2.56 bits per heavy atom. The summed E-state index contributed by atoms with van der Waals surface area (Å²) in [5.74, 6) is -1.25. The number of hydrogen-bond donors (Lipinski definition) is 2. The molecule has 0 radical (unpaired) electrons. The van der Waals surface area contributed by atoms with Gasteiger partial charge in [0.25, 0.3) is 0 Å². The number of hydrogen-bond acceptors (Lipinski definition) is 2. The molecule has 0 amide bonds. The van der Waals surface area contributed by atoms with Crippen molar-refractivity contribution in [3.8, 4) is 0 Å². The summed E-state index contributed by atoms with van der Waals surface area (Å²) >= 11 is 3.22. The van der Waals surface area contributed by atoms with E-state index in [0.717, 1.165) is 0 Å². The van der Waals surface area contributed by atoms with Crippen LogP contribution in [0.25, 0.3) is 0 Å². The number of carbonyl (C=O) groups is 1. The van der Waals surface area contributed by atoms with Crippen molar-refractivity contribution in [1.82, 2.24) is 0 Å². The van der Waals surface area contributed by atoms with E-state index >= 15 is 0 Å². The van der Waals surface area contributed by atoms with Crippen LogP contribution in [0.3, 0.4) is 0 Å². The van der Waals surface area contributed by atoms with Gasteiger partial charge in [-0.1, -0.05) is 34.1 Å².